The summed E-state index contributed by atoms with van der Waals surface area (Å²) in [5, 5.41) is 3.54. The summed E-state index contributed by atoms with van der Waals surface area (Å²) in [6.45, 7) is 10.4. The van der Waals surface area contributed by atoms with Gasteiger partial charge in [0.2, 0.25) is 0 Å². The number of hydrogen-bond acceptors (Lipinski definition) is 3. The van der Waals surface area contributed by atoms with Gasteiger partial charge in [-0.25, -0.2) is 0 Å². The third-order valence-electron chi connectivity index (χ3n) is 3.86. The Morgan fingerprint density at radius 3 is 2.68 bits per heavy atom. The predicted molar refractivity (Wildman–Crippen MR) is 80.9 cm³/mol. The molecule has 2 rings (SSSR count). The van der Waals surface area contributed by atoms with Crippen molar-refractivity contribution in [2.75, 3.05) is 31.2 Å². The summed E-state index contributed by atoms with van der Waals surface area (Å²) < 4.78 is 5.54. The van der Waals surface area contributed by atoms with Gasteiger partial charge in [0, 0.05) is 30.9 Å². The van der Waals surface area contributed by atoms with Gasteiger partial charge in [0.25, 0.3) is 0 Å². The molecule has 0 aromatic heterocycles. The molecular formula is C16H26N2O. The van der Waals surface area contributed by atoms with Crippen molar-refractivity contribution in [3.05, 3.63) is 29.8 Å². The minimum atomic E-state index is 0.489. The summed E-state index contributed by atoms with van der Waals surface area (Å²) in [4.78, 5) is 2.47. The molecule has 3 nitrogen and oxygen atoms in total. The molecule has 2 atom stereocenters. The third kappa shape index (κ3) is 3.95. The van der Waals surface area contributed by atoms with Crippen LogP contribution in [0, 0.1) is 6.92 Å². The van der Waals surface area contributed by atoms with Gasteiger partial charge in [-0.1, -0.05) is 17.7 Å². The van der Waals surface area contributed by atoms with E-state index in [1.807, 2.05) is 0 Å². The lowest BCUT2D eigenvalue weighted by Gasteiger charge is -2.34. The molecule has 1 aromatic carbocycles. The summed E-state index contributed by atoms with van der Waals surface area (Å²) in [6.07, 6.45) is 1.13. The lowest BCUT2D eigenvalue weighted by atomic mass is 10.1. The molecule has 0 saturated carbocycles. The minimum absolute atomic E-state index is 0.489. The highest BCUT2D eigenvalue weighted by Gasteiger charge is 2.20. The van der Waals surface area contributed by atoms with Gasteiger partial charge in [0.05, 0.1) is 13.2 Å². The quantitative estimate of drug-likeness (QED) is 0.882. The van der Waals surface area contributed by atoms with Crippen molar-refractivity contribution in [2.45, 2.75) is 39.3 Å². The van der Waals surface area contributed by atoms with E-state index in [1.54, 1.807) is 0 Å². The van der Waals surface area contributed by atoms with Crippen LogP contribution >= 0.6 is 0 Å². The van der Waals surface area contributed by atoms with Gasteiger partial charge in [0.15, 0.2) is 0 Å². The maximum absolute atomic E-state index is 5.54. The van der Waals surface area contributed by atoms with Gasteiger partial charge >= 0.3 is 0 Å². The first-order valence-corrected chi connectivity index (χ1v) is 7.35. The molecule has 1 fully saturated rings. The van der Waals surface area contributed by atoms with Gasteiger partial charge in [-0.2, -0.15) is 0 Å². The highest BCUT2D eigenvalue weighted by atomic mass is 16.5. The lowest BCUT2D eigenvalue weighted by Crippen LogP contribution is -2.46. The Balaban J connectivity index is 1.97. The molecule has 0 aliphatic carbocycles. The van der Waals surface area contributed by atoms with E-state index < -0.39 is 0 Å². The molecule has 1 aliphatic rings. The number of hydrogen-bond donors (Lipinski definition) is 1. The molecule has 1 heterocycles. The summed E-state index contributed by atoms with van der Waals surface area (Å²) in [7, 11) is 0. The van der Waals surface area contributed by atoms with E-state index in [-0.39, 0.29) is 0 Å². The van der Waals surface area contributed by atoms with Gasteiger partial charge < -0.3 is 15.0 Å². The molecule has 2 unspecified atom stereocenters. The van der Waals surface area contributed by atoms with Crippen molar-refractivity contribution in [3.8, 4) is 0 Å². The van der Waals surface area contributed by atoms with E-state index in [4.69, 9.17) is 4.74 Å². The van der Waals surface area contributed by atoms with Crippen molar-refractivity contribution < 1.29 is 4.74 Å². The van der Waals surface area contributed by atoms with Crippen LogP contribution in [-0.4, -0.2) is 38.4 Å². The molecule has 1 aliphatic heterocycles. The number of rotatable bonds is 5. The van der Waals surface area contributed by atoms with Crippen LogP contribution in [0.4, 0.5) is 5.69 Å². The van der Waals surface area contributed by atoms with E-state index in [0.29, 0.717) is 12.1 Å². The third-order valence-corrected chi connectivity index (χ3v) is 3.86. The Hall–Kier alpha value is -1.06. The van der Waals surface area contributed by atoms with E-state index in [1.165, 1.54) is 11.3 Å². The van der Waals surface area contributed by atoms with Crippen LogP contribution in [0.25, 0.3) is 0 Å². The largest absolute Gasteiger partial charge is 0.379 e. The van der Waals surface area contributed by atoms with Crippen LogP contribution in [0.3, 0.4) is 0 Å². The highest BCUT2D eigenvalue weighted by molar-refractivity contribution is 5.48. The fraction of sp³-hybridized carbons (Fsp3) is 0.625. The van der Waals surface area contributed by atoms with Gasteiger partial charge in [-0.15, -0.1) is 0 Å². The molecule has 0 bridgehead atoms. The molecule has 0 spiro atoms. The first kappa shape index (κ1) is 14.4. The van der Waals surface area contributed by atoms with Crippen LogP contribution in [0.2, 0.25) is 0 Å². The zero-order valence-corrected chi connectivity index (χ0v) is 12.4. The zero-order valence-electron chi connectivity index (χ0n) is 12.4. The van der Waals surface area contributed by atoms with Crippen LogP contribution < -0.4 is 10.2 Å². The summed E-state index contributed by atoms with van der Waals surface area (Å²) in [5.74, 6) is 0. The van der Waals surface area contributed by atoms with Gasteiger partial charge in [0.1, 0.15) is 0 Å². The second-order valence-corrected chi connectivity index (χ2v) is 5.43. The average Bonchev–Trinajstić information content (AvgIpc) is 2.43. The van der Waals surface area contributed by atoms with E-state index >= 15 is 0 Å². The molecule has 1 N–H and O–H groups in total. The van der Waals surface area contributed by atoms with E-state index in [9.17, 15) is 0 Å². The van der Waals surface area contributed by atoms with E-state index in [2.05, 4.69) is 55.3 Å². The zero-order chi connectivity index (χ0) is 13.7. The van der Waals surface area contributed by atoms with Crippen molar-refractivity contribution in [3.63, 3.8) is 0 Å². The monoisotopic (exact) mass is 262 g/mol. The molecule has 1 aromatic rings. The van der Waals surface area contributed by atoms with E-state index in [0.717, 1.165) is 32.7 Å². The maximum Gasteiger partial charge on any atom is 0.0621 e. The number of aryl methyl sites for hydroxylation is 1. The maximum atomic E-state index is 5.54. The number of anilines is 1. The van der Waals surface area contributed by atoms with Crippen molar-refractivity contribution >= 4 is 5.69 Å². The molecule has 0 radical (unpaired) electrons. The van der Waals surface area contributed by atoms with Crippen molar-refractivity contribution in [1.82, 2.24) is 5.32 Å². The number of ether oxygens (including phenoxy) is 1. The van der Waals surface area contributed by atoms with Gasteiger partial charge in [-0.05, 0) is 39.3 Å². The number of nitrogens with zero attached hydrogens (tertiary/aromatic N) is 1. The number of morpholine rings is 1. The van der Waals surface area contributed by atoms with Crippen LogP contribution in [0.1, 0.15) is 25.8 Å². The van der Waals surface area contributed by atoms with Gasteiger partial charge in [-0.3, -0.25) is 0 Å². The second-order valence-electron chi connectivity index (χ2n) is 5.43. The van der Waals surface area contributed by atoms with Crippen LogP contribution in [-0.2, 0) is 4.74 Å². The Labute approximate surface area is 116 Å². The predicted octanol–water partition coefficient (Wildman–Crippen LogP) is 2.59. The van der Waals surface area contributed by atoms with Crippen molar-refractivity contribution in [1.29, 1.82) is 0 Å². The summed E-state index contributed by atoms with van der Waals surface area (Å²) >= 11 is 0. The first-order chi connectivity index (χ1) is 9.20. The molecular weight excluding hydrogens is 236 g/mol. The summed E-state index contributed by atoms with van der Waals surface area (Å²) in [5.41, 5.74) is 2.63. The Morgan fingerprint density at radius 1 is 1.37 bits per heavy atom. The second kappa shape index (κ2) is 6.92. The highest BCUT2D eigenvalue weighted by Crippen LogP contribution is 2.20. The fourth-order valence-electron chi connectivity index (χ4n) is 2.80. The minimum Gasteiger partial charge on any atom is -0.379 e. The molecule has 3 heteroatoms. The summed E-state index contributed by atoms with van der Waals surface area (Å²) in [6, 6.07) is 9.83. The number of benzene rings is 1. The van der Waals surface area contributed by atoms with Crippen LogP contribution in [0.15, 0.2) is 24.3 Å². The fourth-order valence-corrected chi connectivity index (χ4v) is 2.80. The lowest BCUT2D eigenvalue weighted by molar-refractivity contribution is 0.0722. The molecule has 0 amide bonds. The smallest absolute Gasteiger partial charge is 0.0621 e. The Bertz CT molecular complexity index is 371. The normalized spacial score (nSPS) is 21.1. The Morgan fingerprint density at radius 2 is 2.11 bits per heavy atom. The average molecular weight is 262 g/mol. The SMILES string of the molecule is CCN(c1ccc(C)cc1)C(C)CC1COCCN1. The van der Waals surface area contributed by atoms with Crippen LogP contribution in [0.5, 0.6) is 0 Å². The standard InChI is InChI=1S/C16H26N2O/c1-4-18(16-7-5-13(2)6-8-16)14(3)11-15-12-19-10-9-17-15/h5-8,14-15,17H,4,9-12H2,1-3H3. The first-order valence-electron chi connectivity index (χ1n) is 7.35. The molecule has 106 valence electrons. The molecule has 1 saturated heterocycles. The molecule has 19 heavy (non-hydrogen) atoms. The number of nitrogens with one attached hydrogen (secondary N) is 1. The Kier molecular flexibility index (Phi) is 5.23. The topological polar surface area (TPSA) is 24.5 Å². The van der Waals surface area contributed by atoms with Crippen molar-refractivity contribution in [2.24, 2.45) is 0 Å².